The van der Waals surface area contributed by atoms with E-state index < -0.39 is 5.82 Å². The SMILES string of the molecule is C[C@@H]1CCOc2ncc(F)cc2CN2c3nc4c(cnn4cc3O[C@H]3CCC[C@H]32)C(=O)N1. The summed E-state index contributed by atoms with van der Waals surface area (Å²) in [5.74, 6) is 0.973. The quantitative estimate of drug-likeness (QED) is 0.576. The maximum Gasteiger partial charge on any atom is 0.256 e. The zero-order valence-corrected chi connectivity index (χ0v) is 17.6. The van der Waals surface area contributed by atoms with Crippen LogP contribution in [0.4, 0.5) is 10.2 Å². The van der Waals surface area contributed by atoms with Crippen molar-refractivity contribution in [3.05, 3.63) is 41.6 Å². The van der Waals surface area contributed by atoms with E-state index in [1.54, 1.807) is 10.7 Å². The van der Waals surface area contributed by atoms with E-state index >= 15 is 0 Å². The van der Waals surface area contributed by atoms with Crippen molar-refractivity contribution < 1.29 is 18.7 Å². The van der Waals surface area contributed by atoms with Gasteiger partial charge in [-0.2, -0.15) is 5.10 Å². The Kier molecular flexibility index (Phi) is 4.41. The highest BCUT2D eigenvalue weighted by atomic mass is 19.1. The molecule has 1 fully saturated rings. The molecule has 3 atom stereocenters. The minimum absolute atomic E-state index is 0.0192. The summed E-state index contributed by atoms with van der Waals surface area (Å²) < 4.78 is 27.9. The van der Waals surface area contributed by atoms with E-state index in [4.69, 9.17) is 14.5 Å². The summed E-state index contributed by atoms with van der Waals surface area (Å²) in [4.78, 5) is 24.1. The standard InChI is InChI=1S/C22H23FN6O3/c1-12-5-6-31-22-13(7-14(23)8-24-22)10-28-16-3-2-4-17(16)32-18-11-29-19(27-20(18)28)15(9-25-29)21(30)26-12/h7-9,11-12,16-17H,2-6,10H2,1H3,(H,26,30)/t12-,16-,17+/m1/s1. The second-order valence-corrected chi connectivity index (χ2v) is 8.67. The smallest absolute Gasteiger partial charge is 0.256 e. The maximum absolute atomic E-state index is 14.2. The third-order valence-electron chi connectivity index (χ3n) is 6.45. The van der Waals surface area contributed by atoms with Crippen molar-refractivity contribution in [2.24, 2.45) is 0 Å². The monoisotopic (exact) mass is 438 g/mol. The predicted octanol–water partition coefficient (Wildman–Crippen LogP) is 2.48. The van der Waals surface area contributed by atoms with Gasteiger partial charge in [0.1, 0.15) is 17.5 Å². The third kappa shape index (κ3) is 3.12. The minimum Gasteiger partial charge on any atom is -0.483 e. The molecule has 0 spiro atoms. The number of pyridine rings is 1. The summed E-state index contributed by atoms with van der Waals surface area (Å²) in [5, 5.41) is 7.30. The van der Waals surface area contributed by atoms with E-state index in [9.17, 15) is 9.18 Å². The highest BCUT2D eigenvalue weighted by Gasteiger charge is 2.41. The molecule has 10 heteroatoms. The number of aromatic nitrogens is 4. The van der Waals surface area contributed by atoms with Crippen LogP contribution in [-0.4, -0.2) is 50.3 Å². The van der Waals surface area contributed by atoms with Crippen LogP contribution in [0.15, 0.2) is 24.7 Å². The molecule has 166 valence electrons. The summed E-state index contributed by atoms with van der Waals surface area (Å²) in [7, 11) is 0. The van der Waals surface area contributed by atoms with E-state index in [2.05, 4.69) is 20.3 Å². The van der Waals surface area contributed by atoms with Gasteiger partial charge in [-0.15, -0.1) is 0 Å². The number of halogens is 1. The number of nitrogens with one attached hydrogen (secondary N) is 1. The highest BCUT2D eigenvalue weighted by Crippen LogP contribution is 2.42. The van der Waals surface area contributed by atoms with Crippen LogP contribution in [0.5, 0.6) is 11.6 Å². The van der Waals surface area contributed by atoms with Gasteiger partial charge in [-0.1, -0.05) is 0 Å². The summed E-state index contributed by atoms with van der Waals surface area (Å²) in [6.07, 6.45) is 7.98. The van der Waals surface area contributed by atoms with Crippen molar-refractivity contribution in [2.45, 2.75) is 57.3 Å². The Morgan fingerprint density at radius 2 is 2.16 bits per heavy atom. The zero-order chi connectivity index (χ0) is 21.8. The van der Waals surface area contributed by atoms with Gasteiger partial charge in [0.05, 0.1) is 37.8 Å². The van der Waals surface area contributed by atoms with Gasteiger partial charge in [-0.05, 0) is 32.3 Å². The number of anilines is 1. The number of hydrogen-bond acceptors (Lipinski definition) is 7. The van der Waals surface area contributed by atoms with Crippen molar-refractivity contribution in [2.75, 3.05) is 11.5 Å². The first kappa shape index (κ1) is 19.3. The number of ether oxygens (including phenoxy) is 2. The van der Waals surface area contributed by atoms with E-state index in [-0.39, 0.29) is 24.1 Å². The lowest BCUT2D eigenvalue weighted by molar-refractivity contribution is 0.0936. The van der Waals surface area contributed by atoms with Crippen LogP contribution < -0.4 is 19.7 Å². The van der Waals surface area contributed by atoms with Gasteiger partial charge in [-0.3, -0.25) is 4.79 Å². The molecule has 1 saturated carbocycles. The van der Waals surface area contributed by atoms with Crippen LogP contribution in [0.1, 0.15) is 48.5 Å². The molecule has 1 aliphatic carbocycles. The van der Waals surface area contributed by atoms with Crippen LogP contribution in [0.2, 0.25) is 0 Å². The van der Waals surface area contributed by atoms with Crippen LogP contribution in [0.3, 0.4) is 0 Å². The number of carbonyl (C=O) groups is 1. The van der Waals surface area contributed by atoms with Crippen molar-refractivity contribution >= 4 is 17.4 Å². The topological polar surface area (TPSA) is 93.9 Å². The molecule has 2 bridgehead atoms. The molecule has 1 amide bonds. The van der Waals surface area contributed by atoms with Crippen LogP contribution in [0.25, 0.3) is 5.65 Å². The Bertz CT molecular complexity index is 1210. The van der Waals surface area contributed by atoms with Crippen LogP contribution >= 0.6 is 0 Å². The molecule has 32 heavy (non-hydrogen) atoms. The number of rotatable bonds is 0. The molecule has 0 aromatic carbocycles. The number of fused-ring (bicyclic) bond motifs is 3. The Morgan fingerprint density at radius 3 is 3.06 bits per heavy atom. The Labute approximate surface area is 183 Å². The molecule has 1 N–H and O–H groups in total. The van der Waals surface area contributed by atoms with Crippen molar-refractivity contribution in [1.82, 2.24) is 24.9 Å². The molecule has 0 radical (unpaired) electrons. The van der Waals surface area contributed by atoms with Gasteiger partial charge in [0.15, 0.2) is 17.2 Å². The molecule has 6 rings (SSSR count). The lowest BCUT2D eigenvalue weighted by Gasteiger charge is -2.39. The molecule has 0 unspecified atom stereocenters. The fraction of sp³-hybridized carbons (Fsp3) is 0.455. The normalized spacial score (nSPS) is 24.9. The fourth-order valence-electron chi connectivity index (χ4n) is 4.85. The fourth-order valence-corrected chi connectivity index (χ4v) is 4.85. The largest absolute Gasteiger partial charge is 0.483 e. The van der Waals surface area contributed by atoms with Gasteiger partial charge < -0.3 is 19.7 Å². The van der Waals surface area contributed by atoms with Gasteiger partial charge >= 0.3 is 0 Å². The number of hydrogen-bond donors (Lipinski definition) is 1. The molecular weight excluding hydrogens is 415 g/mol. The highest BCUT2D eigenvalue weighted by molar-refractivity contribution is 6.00. The third-order valence-corrected chi connectivity index (χ3v) is 6.45. The first-order valence-corrected chi connectivity index (χ1v) is 11.0. The van der Waals surface area contributed by atoms with Gasteiger partial charge in [-0.25, -0.2) is 18.9 Å². The Morgan fingerprint density at radius 1 is 1.25 bits per heavy atom. The van der Waals surface area contributed by atoms with Gasteiger partial charge in [0.25, 0.3) is 5.91 Å². The van der Waals surface area contributed by atoms with Crippen molar-refractivity contribution in [3.63, 3.8) is 0 Å². The van der Waals surface area contributed by atoms with Crippen molar-refractivity contribution in [3.8, 4) is 11.6 Å². The molecule has 3 aromatic rings. The lowest BCUT2D eigenvalue weighted by atomic mass is 10.1. The molecule has 3 aliphatic rings. The molecule has 3 aromatic heterocycles. The summed E-state index contributed by atoms with van der Waals surface area (Å²) in [5.41, 5.74) is 1.52. The van der Waals surface area contributed by atoms with Crippen molar-refractivity contribution in [1.29, 1.82) is 0 Å². The summed E-state index contributed by atoms with van der Waals surface area (Å²) in [6.45, 7) is 2.63. The Hall–Kier alpha value is -3.43. The molecule has 2 aliphatic heterocycles. The first-order valence-electron chi connectivity index (χ1n) is 11.0. The first-order chi connectivity index (χ1) is 15.6. The zero-order valence-electron chi connectivity index (χ0n) is 17.6. The molecular formula is C22H23FN6O3. The van der Waals surface area contributed by atoms with E-state index in [0.29, 0.717) is 53.8 Å². The second kappa shape index (κ2) is 7.32. The number of amides is 1. The second-order valence-electron chi connectivity index (χ2n) is 8.67. The number of carbonyl (C=O) groups excluding carboxylic acids is 1. The lowest BCUT2D eigenvalue weighted by Crippen LogP contribution is -2.47. The number of nitrogens with zero attached hydrogens (tertiary/aromatic N) is 5. The minimum atomic E-state index is -0.410. The van der Waals surface area contributed by atoms with Crippen LogP contribution in [-0.2, 0) is 6.54 Å². The predicted molar refractivity (Wildman–Crippen MR) is 112 cm³/mol. The van der Waals surface area contributed by atoms with E-state index in [1.165, 1.54) is 18.5 Å². The molecule has 5 heterocycles. The maximum atomic E-state index is 14.2. The molecule has 9 nitrogen and oxygen atoms in total. The van der Waals surface area contributed by atoms with Gasteiger partial charge in [0.2, 0.25) is 5.88 Å². The van der Waals surface area contributed by atoms with Crippen LogP contribution in [0, 0.1) is 5.82 Å². The molecule has 0 saturated heterocycles. The Balaban J connectivity index is 1.53. The van der Waals surface area contributed by atoms with Gasteiger partial charge in [0, 0.05) is 18.0 Å². The average molecular weight is 438 g/mol. The average Bonchev–Trinajstić information content (AvgIpc) is 3.39. The van der Waals surface area contributed by atoms with E-state index in [1.807, 2.05) is 6.92 Å². The summed E-state index contributed by atoms with van der Waals surface area (Å²) >= 11 is 0. The summed E-state index contributed by atoms with van der Waals surface area (Å²) in [6, 6.07) is 1.43. The van der Waals surface area contributed by atoms with E-state index in [0.717, 1.165) is 19.3 Å².